The van der Waals surface area contributed by atoms with Crippen LogP contribution in [0.1, 0.15) is 10.6 Å². The molecule has 1 aromatic carbocycles. The number of alkyl halides is 3. The minimum absolute atomic E-state index is 0.0241. The maximum Gasteiger partial charge on any atom is 0.416 e. The van der Waals surface area contributed by atoms with E-state index >= 15 is 0 Å². The van der Waals surface area contributed by atoms with Crippen LogP contribution in [0.25, 0.3) is 16.8 Å². The summed E-state index contributed by atoms with van der Waals surface area (Å²) < 4.78 is 43.6. The minimum Gasteiger partial charge on any atom is -0.510 e. The molecule has 0 unspecified atom stereocenters. The summed E-state index contributed by atoms with van der Waals surface area (Å²) in [6, 6.07) is 4.93. The summed E-state index contributed by atoms with van der Waals surface area (Å²) in [5.41, 5.74) is 0.276. The number of hydrogen-bond acceptors (Lipinski definition) is 5. The summed E-state index contributed by atoms with van der Waals surface area (Å²) in [5, 5.41) is 20.4. The van der Waals surface area contributed by atoms with Gasteiger partial charge < -0.3 is 14.7 Å². The number of thiazole rings is 1. The van der Waals surface area contributed by atoms with E-state index in [0.29, 0.717) is 35.0 Å². The van der Waals surface area contributed by atoms with Crippen LogP contribution in [0.2, 0.25) is 0 Å². The number of methoxy groups -OCH3 is 1. The number of aliphatic hydroxyl groups excluding tert-OH is 1. The molecule has 0 saturated heterocycles. The minimum atomic E-state index is -4.43. The van der Waals surface area contributed by atoms with Gasteiger partial charge in [0, 0.05) is 24.6 Å². The highest BCUT2D eigenvalue weighted by atomic mass is 32.1. The van der Waals surface area contributed by atoms with Crippen LogP contribution in [0.4, 0.5) is 13.2 Å². The van der Waals surface area contributed by atoms with Crippen molar-refractivity contribution >= 4 is 22.7 Å². The third kappa shape index (κ3) is 3.58. The summed E-state index contributed by atoms with van der Waals surface area (Å²) >= 11 is 1.18. The Bertz CT molecular complexity index is 861. The molecule has 0 amide bonds. The molecule has 0 fully saturated rings. The van der Waals surface area contributed by atoms with Gasteiger partial charge in [0.1, 0.15) is 16.6 Å². The zero-order chi connectivity index (χ0) is 18.9. The number of benzene rings is 1. The molecular weight excluding hydrogens is 367 g/mol. The summed E-state index contributed by atoms with van der Waals surface area (Å²) in [7, 11) is 1.55. The first kappa shape index (κ1) is 18.4. The number of aromatic nitrogens is 1. The van der Waals surface area contributed by atoms with Crippen molar-refractivity contribution in [3.05, 3.63) is 46.0 Å². The first-order valence-electron chi connectivity index (χ1n) is 7.69. The lowest BCUT2D eigenvalue weighted by Crippen LogP contribution is -2.29. The predicted molar refractivity (Wildman–Crippen MR) is 93.3 cm³/mol. The third-order valence-electron chi connectivity index (χ3n) is 3.95. The van der Waals surface area contributed by atoms with E-state index in [1.807, 2.05) is 0 Å². The Morgan fingerprint density at radius 3 is 2.85 bits per heavy atom. The van der Waals surface area contributed by atoms with Crippen LogP contribution in [0.3, 0.4) is 0 Å². The predicted octanol–water partition coefficient (Wildman–Crippen LogP) is 4.04. The van der Waals surface area contributed by atoms with E-state index in [1.165, 1.54) is 17.4 Å². The first-order valence-corrected chi connectivity index (χ1v) is 8.57. The monoisotopic (exact) mass is 383 g/mol. The molecule has 0 saturated carbocycles. The van der Waals surface area contributed by atoms with E-state index in [9.17, 15) is 18.3 Å². The van der Waals surface area contributed by atoms with Gasteiger partial charge in [0.15, 0.2) is 0 Å². The van der Waals surface area contributed by atoms with E-state index in [4.69, 9.17) is 10.1 Å². The average Bonchev–Trinajstić information content (AvgIpc) is 3.17. The Kier molecular flexibility index (Phi) is 5.01. The Hall–Kier alpha value is -2.39. The normalized spacial score (nSPS) is 15.2. The maximum atomic E-state index is 12.9. The van der Waals surface area contributed by atoms with Crippen molar-refractivity contribution in [2.24, 2.45) is 0 Å². The highest BCUT2D eigenvalue weighted by molar-refractivity contribution is 7.11. The van der Waals surface area contributed by atoms with Crippen LogP contribution in [0.5, 0.6) is 0 Å². The fourth-order valence-electron chi connectivity index (χ4n) is 2.63. The van der Waals surface area contributed by atoms with Crippen molar-refractivity contribution in [1.82, 2.24) is 9.88 Å². The zero-order valence-corrected chi connectivity index (χ0v) is 14.6. The Morgan fingerprint density at radius 1 is 1.38 bits per heavy atom. The van der Waals surface area contributed by atoms with E-state index in [2.05, 4.69) is 4.98 Å². The maximum absolute atomic E-state index is 12.9. The molecular formula is C17H16F3N3O2S. The quantitative estimate of drug-likeness (QED) is 0.818. The van der Waals surface area contributed by atoms with Crippen molar-refractivity contribution in [3.63, 3.8) is 0 Å². The second-order valence-corrected chi connectivity index (χ2v) is 6.56. The van der Waals surface area contributed by atoms with Gasteiger partial charge in [-0.25, -0.2) is 4.98 Å². The van der Waals surface area contributed by atoms with Crippen molar-refractivity contribution in [2.45, 2.75) is 6.18 Å². The third-order valence-corrected chi connectivity index (χ3v) is 4.81. The molecule has 0 aliphatic carbocycles. The van der Waals surface area contributed by atoms with Gasteiger partial charge in [0.25, 0.3) is 0 Å². The molecule has 2 N–H and O–H groups in total. The second kappa shape index (κ2) is 7.08. The van der Waals surface area contributed by atoms with Crippen LogP contribution >= 0.6 is 11.3 Å². The number of amidine groups is 1. The molecule has 2 heterocycles. The topological polar surface area (TPSA) is 69.4 Å². The summed E-state index contributed by atoms with van der Waals surface area (Å²) in [6.07, 6.45) is -4.43. The van der Waals surface area contributed by atoms with Crippen LogP contribution < -0.4 is 0 Å². The lowest BCUT2D eigenvalue weighted by atomic mass is 10.1. The lowest BCUT2D eigenvalue weighted by molar-refractivity contribution is -0.137. The smallest absolute Gasteiger partial charge is 0.416 e. The van der Waals surface area contributed by atoms with Gasteiger partial charge in [-0.1, -0.05) is 12.1 Å². The molecule has 0 radical (unpaired) electrons. The molecule has 0 spiro atoms. The highest BCUT2D eigenvalue weighted by Crippen LogP contribution is 2.35. The fraction of sp³-hybridized carbons (Fsp3) is 0.294. The SMILES string of the molecule is COCCN1CC(O)=C(c2nc(-c3cccc(C(F)(F)F)c3)cs2)C1=N. The van der Waals surface area contributed by atoms with Gasteiger partial charge in [0.05, 0.1) is 30.0 Å². The van der Waals surface area contributed by atoms with Crippen molar-refractivity contribution in [2.75, 3.05) is 26.8 Å². The highest BCUT2D eigenvalue weighted by Gasteiger charge is 2.32. The van der Waals surface area contributed by atoms with E-state index in [-0.39, 0.29) is 18.1 Å². The lowest BCUT2D eigenvalue weighted by Gasteiger charge is -2.17. The largest absolute Gasteiger partial charge is 0.510 e. The molecule has 2 aromatic rings. The summed E-state index contributed by atoms with van der Waals surface area (Å²) in [5.74, 6) is 0.153. The van der Waals surface area contributed by atoms with E-state index in [0.717, 1.165) is 12.1 Å². The van der Waals surface area contributed by atoms with Crippen LogP contribution in [-0.2, 0) is 10.9 Å². The second-order valence-electron chi connectivity index (χ2n) is 5.70. The number of aliphatic hydroxyl groups is 1. The molecule has 0 bridgehead atoms. The molecule has 1 aliphatic rings. The van der Waals surface area contributed by atoms with Gasteiger partial charge in [-0.2, -0.15) is 13.2 Å². The fourth-order valence-corrected chi connectivity index (χ4v) is 3.52. The van der Waals surface area contributed by atoms with Crippen LogP contribution in [-0.4, -0.2) is 47.6 Å². The van der Waals surface area contributed by atoms with Gasteiger partial charge in [-0.3, -0.25) is 5.41 Å². The van der Waals surface area contributed by atoms with Gasteiger partial charge in [-0.05, 0) is 12.1 Å². The standard InChI is InChI=1S/C17H16F3N3O2S/c1-25-6-5-23-8-13(24)14(15(23)21)16-22-12(9-26-16)10-3-2-4-11(7-10)17(18,19)20/h2-4,7,9,21,24H,5-6,8H2,1H3. The van der Waals surface area contributed by atoms with Gasteiger partial charge >= 0.3 is 6.18 Å². The molecule has 9 heteroatoms. The van der Waals surface area contributed by atoms with Crippen molar-refractivity contribution in [3.8, 4) is 11.3 Å². The van der Waals surface area contributed by atoms with Crippen LogP contribution in [0.15, 0.2) is 35.4 Å². The number of hydrogen-bond donors (Lipinski definition) is 2. The van der Waals surface area contributed by atoms with E-state index in [1.54, 1.807) is 23.5 Å². The van der Waals surface area contributed by atoms with Gasteiger partial charge in [0.2, 0.25) is 0 Å². The zero-order valence-electron chi connectivity index (χ0n) is 13.8. The molecule has 26 heavy (non-hydrogen) atoms. The summed E-state index contributed by atoms with van der Waals surface area (Å²) in [4.78, 5) is 5.99. The number of ether oxygens (including phenoxy) is 1. The van der Waals surface area contributed by atoms with Crippen molar-refractivity contribution in [1.29, 1.82) is 5.41 Å². The van der Waals surface area contributed by atoms with Gasteiger partial charge in [-0.15, -0.1) is 11.3 Å². The van der Waals surface area contributed by atoms with E-state index < -0.39 is 11.7 Å². The van der Waals surface area contributed by atoms with Crippen LogP contribution in [0, 0.1) is 5.41 Å². The Labute approximate surface area is 151 Å². The van der Waals surface area contributed by atoms with Crippen molar-refractivity contribution < 1.29 is 23.0 Å². The molecule has 0 atom stereocenters. The molecule has 5 nitrogen and oxygen atoms in total. The number of rotatable bonds is 5. The Balaban J connectivity index is 1.87. The number of halogens is 3. The molecule has 3 rings (SSSR count). The number of nitrogens with one attached hydrogen (secondary N) is 1. The Morgan fingerprint density at radius 2 is 2.15 bits per heavy atom. The average molecular weight is 383 g/mol. The molecule has 138 valence electrons. The molecule has 1 aromatic heterocycles. The number of nitrogens with zero attached hydrogens (tertiary/aromatic N) is 2. The first-order chi connectivity index (χ1) is 12.3. The summed E-state index contributed by atoms with van der Waals surface area (Å²) in [6.45, 7) is 1.06. The molecule has 1 aliphatic heterocycles.